The van der Waals surface area contributed by atoms with Crippen molar-refractivity contribution in [2.45, 2.75) is 62.6 Å². The number of pyridine rings is 1. The molecule has 47 heavy (non-hydrogen) atoms. The Morgan fingerprint density at radius 2 is 1.79 bits per heavy atom. The van der Waals surface area contributed by atoms with Crippen molar-refractivity contribution in [1.29, 1.82) is 0 Å². The standard InChI is InChI=1S/C35H34ClN5O4S2/c1-4-5-6-7-19-45-26-16-12-24(13-17-26)29-27(30(42)28-22(3)40-18-8-9-21(2)32(40)37-28)31(43)33(44)41(29)34-38-39-35(47-34)46-20-23-10-14-25(36)15-11-23/h8-18,29,42H,4-7,19-20H2,1-3H3/b30-27+. The smallest absolute Gasteiger partial charge is 0.301 e. The van der Waals surface area contributed by atoms with Crippen LogP contribution >= 0.6 is 34.7 Å². The Bertz CT molecular complexity index is 1950. The van der Waals surface area contributed by atoms with Gasteiger partial charge in [-0.3, -0.25) is 14.5 Å². The number of rotatable bonds is 12. The molecule has 0 radical (unpaired) electrons. The maximum Gasteiger partial charge on any atom is 0.301 e. The number of ketones is 1. The zero-order valence-corrected chi connectivity index (χ0v) is 28.7. The number of hydrogen-bond donors (Lipinski definition) is 1. The van der Waals surface area contributed by atoms with Gasteiger partial charge in [-0.15, -0.1) is 10.2 Å². The molecule has 5 aromatic rings. The number of nitrogens with zero attached hydrogens (tertiary/aromatic N) is 5. The summed E-state index contributed by atoms with van der Waals surface area (Å²) < 4.78 is 8.44. The van der Waals surface area contributed by atoms with E-state index in [0.717, 1.165) is 30.4 Å². The Morgan fingerprint density at radius 1 is 1.02 bits per heavy atom. The number of unbranched alkanes of at least 4 members (excludes halogenated alkanes) is 3. The molecule has 0 saturated carbocycles. The van der Waals surface area contributed by atoms with Gasteiger partial charge in [0, 0.05) is 17.0 Å². The van der Waals surface area contributed by atoms with Gasteiger partial charge in [0.1, 0.15) is 17.1 Å². The molecular weight excluding hydrogens is 654 g/mol. The molecule has 2 aromatic carbocycles. The van der Waals surface area contributed by atoms with Crippen LogP contribution in [0, 0.1) is 13.8 Å². The first kappa shape index (κ1) is 32.7. The molecule has 1 saturated heterocycles. The molecule has 1 aliphatic heterocycles. The summed E-state index contributed by atoms with van der Waals surface area (Å²) in [4.78, 5) is 33.6. The van der Waals surface area contributed by atoms with Gasteiger partial charge in [0.15, 0.2) is 10.1 Å². The molecule has 4 heterocycles. The van der Waals surface area contributed by atoms with Gasteiger partial charge in [-0.25, -0.2) is 4.98 Å². The number of aryl methyl sites for hydroxylation is 2. The van der Waals surface area contributed by atoms with Crippen molar-refractivity contribution < 1.29 is 19.4 Å². The Labute approximate surface area is 286 Å². The third kappa shape index (κ3) is 6.79. The summed E-state index contributed by atoms with van der Waals surface area (Å²) in [5.74, 6) is -0.640. The Hall–Kier alpha value is -4.19. The highest BCUT2D eigenvalue weighted by Crippen LogP contribution is 2.44. The maximum atomic E-state index is 13.8. The zero-order chi connectivity index (χ0) is 33.1. The van der Waals surface area contributed by atoms with Crippen LogP contribution in [0.1, 0.15) is 66.7 Å². The van der Waals surface area contributed by atoms with E-state index in [4.69, 9.17) is 16.3 Å². The van der Waals surface area contributed by atoms with E-state index in [1.54, 1.807) is 0 Å². The highest BCUT2D eigenvalue weighted by molar-refractivity contribution is 8.00. The van der Waals surface area contributed by atoms with Gasteiger partial charge < -0.3 is 14.2 Å². The van der Waals surface area contributed by atoms with Crippen molar-refractivity contribution in [3.8, 4) is 5.75 Å². The molecule has 0 bridgehead atoms. The van der Waals surface area contributed by atoms with Gasteiger partial charge in [0.25, 0.3) is 5.78 Å². The number of carbonyl (C=O) groups excluding carboxylic acids is 2. The number of carbonyl (C=O) groups is 2. The van der Waals surface area contributed by atoms with Crippen molar-refractivity contribution >= 4 is 62.9 Å². The number of amides is 1. The summed E-state index contributed by atoms with van der Waals surface area (Å²) in [7, 11) is 0. The third-order valence-electron chi connectivity index (χ3n) is 8.09. The minimum Gasteiger partial charge on any atom is -0.505 e. The lowest BCUT2D eigenvalue weighted by Crippen LogP contribution is -2.29. The Morgan fingerprint density at radius 3 is 2.51 bits per heavy atom. The second kappa shape index (κ2) is 14.3. The number of benzene rings is 2. The molecule has 1 N–H and O–H groups in total. The van der Waals surface area contributed by atoms with Crippen LogP contribution in [-0.4, -0.2) is 43.0 Å². The average Bonchev–Trinajstić information content (AvgIpc) is 3.75. The van der Waals surface area contributed by atoms with Crippen LogP contribution in [0.2, 0.25) is 5.02 Å². The summed E-state index contributed by atoms with van der Waals surface area (Å²) in [6, 6.07) is 17.7. The van der Waals surface area contributed by atoms with Crippen molar-refractivity contribution in [1.82, 2.24) is 19.6 Å². The first-order valence-corrected chi connectivity index (χ1v) is 17.6. The number of hydrogen-bond acceptors (Lipinski definition) is 9. The van der Waals surface area contributed by atoms with Gasteiger partial charge in [-0.2, -0.15) is 0 Å². The van der Waals surface area contributed by atoms with Crippen LogP contribution in [0.5, 0.6) is 5.75 Å². The van der Waals surface area contributed by atoms with E-state index in [1.807, 2.05) is 85.1 Å². The van der Waals surface area contributed by atoms with Crippen LogP contribution in [0.3, 0.4) is 0 Å². The van der Waals surface area contributed by atoms with Crippen LogP contribution in [-0.2, 0) is 15.3 Å². The molecule has 3 aromatic heterocycles. The summed E-state index contributed by atoms with van der Waals surface area (Å²) in [5.41, 5.74) is 4.08. The van der Waals surface area contributed by atoms with E-state index in [1.165, 1.54) is 34.4 Å². The fourth-order valence-corrected chi connectivity index (χ4v) is 7.52. The number of ether oxygens (including phenoxy) is 1. The lowest BCUT2D eigenvalue weighted by Gasteiger charge is -2.22. The Balaban J connectivity index is 1.37. The van der Waals surface area contributed by atoms with Crippen molar-refractivity contribution in [2.75, 3.05) is 11.5 Å². The topological polar surface area (TPSA) is 110 Å². The van der Waals surface area contributed by atoms with Crippen molar-refractivity contribution in [2.24, 2.45) is 0 Å². The largest absolute Gasteiger partial charge is 0.505 e. The quantitative estimate of drug-likeness (QED) is 0.0348. The van der Waals surface area contributed by atoms with Gasteiger partial charge in [-0.1, -0.05) is 91.2 Å². The first-order valence-electron chi connectivity index (χ1n) is 15.5. The lowest BCUT2D eigenvalue weighted by molar-refractivity contribution is -0.132. The molecule has 1 atom stereocenters. The predicted molar refractivity (Wildman–Crippen MR) is 186 cm³/mol. The van der Waals surface area contributed by atoms with Gasteiger partial charge >= 0.3 is 5.91 Å². The van der Waals surface area contributed by atoms with Crippen molar-refractivity contribution in [3.05, 3.63) is 106 Å². The number of thioether (sulfide) groups is 1. The lowest BCUT2D eigenvalue weighted by atomic mass is 9.96. The number of Topliss-reactive ketones (excluding diaryl/α,β-unsaturated/α-hetero) is 1. The number of aliphatic hydroxyl groups excluding tert-OH is 1. The summed E-state index contributed by atoms with van der Waals surface area (Å²) >= 11 is 8.71. The second-order valence-corrected chi connectivity index (χ2v) is 14.0. The molecule has 12 heteroatoms. The number of aliphatic hydroxyl groups is 1. The highest BCUT2D eigenvalue weighted by atomic mass is 35.5. The number of imidazole rings is 1. The summed E-state index contributed by atoms with van der Waals surface area (Å²) in [5, 5.41) is 21.4. The minimum atomic E-state index is -0.957. The molecule has 1 amide bonds. The highest BCUT2D eigenvalue weighted by Gasteiger charge is 2.49. The SMILES string of the molecule is CCCCCCOc1ccc(C2/C(=C(\O)c3nc4c(C)cccn4c3C)C(=O)C(=O)N2c2nnc(SCc3ccc(Cl)cc3)s2)cc1. The molecule has 242 valence electrons. The molecule has 0 spiro atoms. The summed E-state index contributed by atoms with van der Waals surface area (Å²) in [6.45, 7) is 6.52. The van der Waals surface area contributed by atoms with Crippen LogP contribution in [0.25, 0.3) is 11.4 Å². The van der Waals surface area contributed by atoms with Gasteiger partial charge in [0.05, 0.1) is 23.9 Å². The normalized spacial score (nSPS) is 16.0. The van der Waals surface area contributed by atoms with Crippen molar-refractivity contribution in [3.63, 3.8) is 0 Å². The predicted octanol–water partition coefficient (Wildman–Crippen LogP) is 8.33. The molecule has 1 fully saturated rings. The maximum absolute atomic E-state index is 13.8. The van der Waals surface area contributed by atoms with Crippen LogP contribution < -0.4 is 9.64 Å². The molecule has 6 rings (SSSR count). The summed E-state index contributed by atoms with van der Waals surface area (Å²) in [6.07, 6.45) is 6.23. The van der Waals surface area contributed by atoms with E-state index in [0.29, 0.717) is 44.4 Å². The number of aromatic nitrogens is 4. The molecular formula is C35H34ClN5O4S2. The first-order chi connectivity index (χ1) is 22.8. The monoisotopic (exact) mass is 687 g/mol. The van der Waals surface area contributed by atoms with Crippen LogP contribution in [0.4, 0.5) is 5.13 Å². The molecule has 1 aliphatic rings. The number of anilines is 1. The number of fused-ring (bicyclic) bond motifs is 1. The van der Waals surface area contributed by atoms with E-state index < -0.39 is 17.7 Å². The second-order valence-electron chi connectivity index (χ2n) is 11.3. The Kier molecular flexibility index (Phi) is 9.95. The van der Waals surface area contributed by atoms with E-state index >= 15 is 0 Å². The zero-order valence-electron chi connectivity index (χ0n) is 26.3. The molecule has 9 nitrogen and oxygen atoms in total. The fourth-order valence-electron chi connectivity index (χ4n) is 5.57. The van der Waals surface area contributed by atoms with Gasteiger partial charge in [-0.05, 0) is 67.3 Å². The third-order valence-corrected chi connectivity index (χ3v) is 10.5. The van der Waals surface area contributed by atoms with Gasteiger partial charge in [0.2, 0.25) is 5.13 Å². The minimum absolute atomic E-state index is 0.0574. The fraction of sp³-hybridized carbons (Fsp3) is 0.286. The number of halogens is 1. The van der Waals surface area contributed by atoms with E-state index in [-0.39, 0.29) is 22.2 Å². The molecule has 1 unspecified atom stereocenters. The van der Waals surface area contributed by atoms with Crippen LogP contribution in [0.15, 0.2) is 76.8 Å². The average molecular weight is 688 g/mol. The van der Waals surface area contributed by atoms with E-state index in [9.17, 15) is 14.7 Å². The van der Waals surface area contributed by atoms with E-state index in [2.05, 4.69) is 22.1 Å². The molecule has 0 aliphatic carbocycles.